The van der Waals surface area contributed by atoms with Gasteiger partial charge in [0.05, 0.1) is 6.10 Å². The molecule has 0 aromatic carbocycles. The summed E-state index contributed by atoms with van der Waals surface area (Å²) in [6.07, 6.45) is 4.48. The normalized spacial score (nSPS) is 41.1. The van der Waals surface area contributed by atoms with Crippen LogP contribution in [0.5, 0.6) is 0 Å². The first-order valence-corrected chi connectivity index (χ1v) is 6.00. The molecule has 0 spiro atoms. The Morgan fingerprint density at radius 2 is 2.36 bits per heavy atom. The minimum Gasteiger partial charge on any atom is -0.404 e. The van der Waals surface area contributed by atoms with Crippen LogP contribution >= 0.6 is 15.9 Å². The van der Waals surface area contributed by atoms with Gasteiger partial charge in [-0.3, -0.25) is 0 Å². The molecule has 2 saturated carbocycles. The summed E-state index contributed by atoms with van der Waals surface area (Å²) in [7, 11) is 0. The van der Waals surface area contributed by atoms with Crippen molar-refractivity contribution in [3.63, 3.8) is 0 Å². The van der Waals surface area contributed by atoms with Crippen LogP contribution in [-0.4, -0.2) is 24.8 Å². The van der Waals surface area contributed by atoms with Crippen molar-refractivity contribution in [1.29, 1.82) is 0 Å². The molecule has 0 radical (unpaired) electrons. The maximum atomic E-state index is 5.50. The summed E-state index contributed by atoms with van der Waals surface area (Å²) in [5, 5.41) is 3.58. The number of hydrogen-bond donors (Lipinski definition) is 2. The Kier molecular flexibility index (Phi) is 3.14. The average molecular weight is 261 g/mol. The first-order chi connectivity index (χ1) is 6.76. The van der Waals surface area contributed by atoms with E-state index in [4.69, 9.17) is 10.5 Å². The Morgan fingerprint density at radius 3 is 3.00 bits per heavy atom. The largest absolute Gasteiger partial charge is 0.404 e. The van der Waals surface area contributed by atoms with E-state index in [0.717, 1.165) is 11.1 Å². The second-order valence-corrected chi connectivity index (χ2v) is 4.92. The van der Waals surface area contributed by atoms with Gasteiger partial charge in [0.15, 0.2) is 0 Å². The lowest BCUT2D eigenvalue weighted by atomic mass is 10.4. The fourth-order valence-corrected chi connectivity index (χ4v) is 2.33. The number of nitrogens with one attached hydrogen (secondary N) is 1. The molecule has 2 aliphatic carbocycles. The van der Waals surface area contributed by atoms with Crippen molar-refractivity contribution < 1.29 is 4.74 Å². The lowest BCUT2D eigenvalue weighted by Crippen LogP contribution is -2.24. The van der Waals surface area contributed by atoms with Gasteiger partial charge in [0.25, 0.3) is 0 Å². The highest BCUT2D eigenvalue weighted by molar-refractivity contribution is 9.11. The fourth-order valence-electron chi connectivity index (χ4n) is 1.83. The maximum Gasteiger partial charge on any atom is 0.0744 e. The fraction of sp³-hybridized carbons (Fsp3) is 0.800. The number of nitrogens with two attached hydrogens (primary N) is 1. The topological polar surface area (TPSA) is 47.3 Å². The van der Waals surface area contributed by atoms with Crippen LogP contribution in [0.3, 0.4) is 0 Å². The van der Waals surface area contributed by atoms with E-state index in [0.29, 0.717) is 24.1 Å². The third-order valence-corrected chi connectivity index (χ3v) is 3.70. The number of hydrogen-bond acceptors (Lipinski definition) is 3. The molecule has 3 nitrogen and oxygen atoms in total. The zero-order valence-electron chi connectivity index (χ0n) is 8.37. The van der Waals surface area contributed by atoms with E-state index >= 15 is 0 Å². The molecule has 14 heavy (non-hydrogen) atoms. The molecule has 4 heteroatoms. The molecule has 0 heterocycles. The molecule has 0 aromatic heterocycles. The third-order valence-electron chi connectivity index (χ3n) is 2.84. The molecule has 0 saturated heterocycles. The van der Waals surface area contributed by atoms with Crippen molar-refractivity contribution >= 4 is 15.9 Å². The summed E-state index contributed by atoms with van der Waals surface area (Å²) in [6, 6.07) is 1.20. The lowest BCUT2D eigenvalue weighted by molar-refractivity contribution is 0.125. The van der Waals surface area contributed by atoms with E-state index in [9.17, 15) is 0 Å². The first kappa shape index (κ1) is 10.5. The van der Waals surface area contributed by atoms with Gasteiger partial charge < -0.3 is 15.8 Å². The molecule has 80 valence electrons. The summed E-state index contributed by atoms with van der Waals surface area (Å²) in [5.41, 5.74) is 5.44. The van der Waals surface area contributed by atoms with E-state index in [2.05, 4.69) is 21.2 Å². The van der Waals surface area contributed by atoms with Gasteiger partial charge in [0.1, 0.15) is 0 Å². The Bertz CT molecular complexity index is 244. The van der Waals surface area contributed by atoms with Crippen LogP contribution in [-0.2, 0) is 4.74 Å². The minimum atomic E-state index is 0.460. The van der Waals surface area contributed by atoms with Gasteiger partial charge in [-0.1, -0.05) is 15.9 Å². The van der Waals surface area contributed by atoms with Crippen LogP contribution in [0.1, 0.15) is 19.8 Å². The SMILES string of the molecule is CCOC1CC1NC1CC1/C(Br)=C\N. The Balaban J connectivity index is 1.66. The molecule has 0 aromatic rings. The van der Waals surface area contributed by atoms with Crippen molar-refractivity contribution in [2.24, 2.45) is 11.7 Å². The highest BCUT2D eigenvalue weighted by atomic mass is 79.9. The summed E-state index contributed by atoms with van der Waals surface area (Å²) in [5.74, 6) is 0.600. The quantitative estimate of drug-likeness (QED) is 0.785. The molecule has 3 N–H and O–H groups in total. The highest BCUT2D eigenvalue weighted by Crippen LogP contribution is 2.42. The van der Waals surface area contributed by atoms with E-state index in [1.807, 2.05) is 6.92 Å². The molecule has 4 unspecified atom stereocenters. The van der Waals surface area contributed by atoms with Crippen LogP contribution in [0.2, 0.25) is 0 Å². The third kappa shape index (κ3) is 2.30. The summed E-state index contributed by atoms with van der Waals surface area (Å²) in [6.45, 7) is 2.87. The minimum absolute atomic E-state index is 0.460. The summed E-state index contributed by atoms with van der Waals surface area (Å²) in [4.78, 5) is 0. The molecule has 2 fully saturated rings. The standard InChI is InChI=1S/C10H17BrN2O/c1-2-14-10-4-9(10)13-8-3-6(8)7(11)5-12/h5-6,8-10,13H,2-4,12H2,1H3/b7-5+. The van der Waals surface area contributed by atoms with Gasteiger partial charge in [0, 0.05) is 35.3 Å². The number of rotatable bonds is 5. The van der Waals surface area contributed by atoms with Crippen molar-refractivity contribution in [2.75, 3.05) is 6.61 Å². The van der Waals surface area contributed by atoms with Gasteiger partial charge in [-0.05, 0) is 19.8 Å². The van der Waals surface area contributed by atoms with Gasteiger partial charge in [-0.15, -0.1) is 0 Å². The Labute approximate surface area is 93.2 Å². The van der Waals surface area contributed by atoms with E-state index < -0.39 is 0 Å². The first-order valence-electron chi connectivity index (χ1n) is 5.21. The monoisotopic (exact) mass is 260 g/mol. The summed E-state index contributed by atoms with van der Waals surface area (Å²) >= 11 is 3.47. The van der Waals surface area contributed by atoms with Gasteiger partial charge >= 0.3 is 0 Å². The maximum absolute atomic E-state index is 5.50. The van der Waals surface area contributed by atoms with Crippen LogP contribution in [0.15, 0.2) is 10.7 Å². The molecule has 0 aliphatic heterocycles. The number of ether oxygens (including phenoxy) is 1. The van der Waals surface area contributed by atoms with Crippen LogP contribution in [0.25, 0.3) is 0 Å². The smallest absolute Gasteiger partial charge is 0.0744 e. The van der Waals surface area contributed by atoms with Crippen molar-refractivity contribution in [3.8, 4) is 0 Å². The van der Waals surface area contributed by atoms with Crippen molar-refractivity contribution in [2.45, 2.75) is 38.0 Å². The predicted octanol–water partition coefficient (Wildman–Crippen LogP) is 1.34. The van der Waals surface area contributed by atoms with Crippen molar-refractivity contribution in [3.05, 3.63) is 10.7 Å². The summed E-state index contributed by atoms with van der Waals surface area (Å²) < 4.78 is 6.63. The predicted molar refractivity (Wildman–Crippen MR) is 60.0 cm³/mol. The average Bonchev–Trinajstić information content (AvgIpc) is 3.06. The van der Waals surface area contributed by atoms with Gasteiger partial charge in [-0.2, -0.15) is 0 Å². The lowest BCUT2D eigenvalue weighted by Gasteiger charge is -2.02. The highest BCUT2D eigenvalue weighted by Gasteiger charge is 2.46. The molecule has 2 aliphatic rings. The zero-order valence-corrected chi connectivity index (χ0v) is 9.96. The van der Waals surface area contributed by atoms with Crippen LogP contribution in [0.4, 0.5) is 0 Å². The van der Waals surface area contributed by atoms with Crippen LogP contribution in [0, 0.1) is 5.92 Å². The van der Waals surface area contributed by atoms with E-state index in [1.54, 1.807) is 6.20 Å². The van der Waals surface area contributed by atoms with Gasteiger partial charge in [-0.25, -0.2) is 0 Å². The molecule has 2 rings (SSSR count). The second kappa shape index (κ2) is 4.21. The molecule has 0 bridgehead atoms. The zero-order chi connectivity index (χ0) is 10.1. The Hall–Kier alpha value is -0.0600. The van der Waals surface area contributed by atoms with E-state index in [-0.39, 0.29) is 0 Å². The molecule has 0 amide bonds. The van der Waals surface area contributed by atoms with E-state index in [1.165, 1.54) is 12.8 Å². The molecular weight excluding hydrogens is 244 g/mol. The molecular formula is C10H17BrN2O. The van der Waals surface area contributed by atoms with Crippen LogP contribution < -0.4 is 11.1 Å². The second-order valence-electron chi connectivity index (χ2n) is 4.00. The Morgan fingerprint density at radius 1 is 1.57 bits per heavy atom. The van der Waals surface area contributed by atoms with Gasteiger partial charge in [0.2, 0.25) is 0 Å². The number of halogens is 1. The molecule has 4 atom stereocenters. The van der Waals surface area contributed by atoms with Crippen molar-refractivity contribution in [1.82, 2.24) is 5.32 Å².